The quantitative estimate of drug-likeness (QED) is 0.787. The average molecular weight is 346 g/mol. The maximum Gasteiger partial charge on any atom is 0.232 e. The van der Waals surface area contributed by atoms with Gasteiger partial charge in [0.2, 0.25) is 11.8 Å². The molecule has 3 rings (SSSR count). The van der Waals surface area contributed by atoms with E-state index in [1.54, 1.807) is 11.8 Å². The Morgan fingerprint density at radius 1 is 1.04 bits per heavy atom. The predicted octanol–water partition coefficient (Wildman–Crippen LogP) is 2.95. The first-order chi connectivity index (χ1) is 11.6. The van der Waals surface area contributed by atoms with Crippen LogP contribution in [-0.2, 0) is 9.59 Å². The van der Waals surface area contributed by atoms with Crippen molar-refractivity contribution in [2.45, 2.75) is 37.5 Å². The fourth-order valence-corrected chi connectivity index (χ4v) is 4.27. The van der Waals surface area contributed by atoms with Crippen molar-refractivity contribution in [1.29, 1.82) is 0 Å². The summed E-state index contributed by atoms with van der Waals surface area (Å²) in [7, 11) is 0. The van der Waals surface area contributed by atoms with E-state index in [1.165, 1.54) is 5.56 Å². The van der Waals surface area contributed by atoms with E-state index in [-0.39, 0.29) is 17.7 Å². The number of amides is 2. The first-order valence-electron chi connectivity index (χ1n) is 8.89. The minimum absolute atomic E-state index is 0.00479. The number of carbonyl (C=O) groups excluding carboxylic acids is 2. The molecular formula is C19H26N2O2S. The minimum atomic E-state index is 0.00479. The Labute approximate surface area is 148 Å². The number of likely N-dealkylation sites (tertiary alicyclic amines) is 2. The summed E-state index contributed by atoms with van der Waals surface area (Å²) in [6, 6.07) is 8.25. The molecule has 2 amide bonds. The molecule has 1 atom stereocenters. The second-order valence-electron chi connectivity index (χ2n) is 6.81. The Morgan fingerprint density at radius 2 is 1.71 bits per heavy atom. The van der Waals surface area contributed by atoms with E-state index in [0.29, 0.717) is 12.3 Å². The van der Waals surface area contributed by atoms with Crippen molar-refractivity contribution >= 4 is 23.6 Å². The van der Waals surface area contributed by atoms with Gasteiger partial charge in [0.05, 0.1) is 11.7 Å². The minimum Gasteiger partial charge on any atom is -0.342 e. The van der Waals surface area contributed by atoms with Crippen LogP contribution in [0.2, 0.25) is 0 Å². The number of piperidine rings is 1. The van der Waals surface area contributed by atoms with Crippen molar-refractivity contribution in [3.63, 3.8) is 0 Å². The van der Waals surface area contributed by atoms with Gasteiger partial charge in [-0.3, -0.25) is 9.59 Å². The van der Waals surface area contributed by atoms with Gasteiger partial charge in [-0.15, -0.1) is 11.8 Å². The second kappa shape index (κ2) is 8.06. The van der Waals surface area contributed by atoms with Crippen LogP contribution in [0.4, 0.5) is 0 Å². The number of thioether (sulfide) groups is 1. The highest BCUT2D eigenvalue weighted by molar-refractivity contribution is 8.00. The molecule has 2 aliphatic rings. The van der Waals surface area contributed by atoms with Crippen molar-refractivity contribution in [3.05, 3.63) is 29.8 Å². The summed E-state index contributed by atoms with van der Waals surface area (Å²) >= 11 is 1.58. The van der Waals surface area contributed by atoms with E-state index in [2.05, 4.69) is 31.2 Å². The van der Waals surface area contributed by atoms with Crippen molar-refractivity contribution in [3.8, 4) is 0 Å². The van der Waals surface area contributed by atoms with Crippen LogP contribution in [0.25, 0.3) is 0 Å². The molecule has 0 N–H and O–H groups in total. The van der Waals surface area contributed by atoms with E-state index in [9.17, 15) is 9.59 Å². The molecule has 0 radical (unpaired) electrons. The molecule has 2 saturated heterocycles. The van der Waals surface area contributed by atoms with Gasteiger partial charge in [0.15, 0.2) is 0 Å². The zero-order valence-electron chi connectivity index (χ0n) is 14.4. The third-order valence-corrected chi connectivity index (χ3v) is 5.92. The number of aryl methyl sites for hydroxylation is 1. The molecule has 5 heteroatoms. The van der Waals surface area contributed by atoms with E-state index in [0.717, 1.165) is 50.2 Å². The van der Waals surface area contributed by atoms with Crippen molar-refractivity contribution < 1.29 is 9.59 Å². The smallest absolute Gasteiger partial charge is 0.232 e. The van der Waals surface area contributed by atoms with E-state index in [1.807, 2.05) is 9.80 Å². The highest BCUT2D eigenvalue weighted by Gasteiger charge is 2.31. The molecule has 2 heterocycles. The summed E-state index contributed by atoms with van der Waals surface area (Å²) in [5.74, 6) is 0.870. The van der Waals surface area contributed by atoms with Gasteiger partial charge < -0.3 is 9.80 Å². The monoisotopic (exact) mass is 346 g/mol. The van der Waals surface area contributed by atoms with Crippen LogP contribution >= 0.6 is 11.8 Å². The Morgan fingerprint density at radius 3 is 2.42 bits per heavy atom. The summed E-state index contributed by atoms with van der Waals surface area (Å²) in [6.07, 6.45) is 4.10. The molecule has 0 unspecified atom stereocenters. The van der Waals surface area contributed by atoms with E-state index >= 15 is 0 Å². The lowest BCUT2D eigenvalue weighted by Gasteiger charge is -2.34. The van der Waals surface area contributed by atoms with Crippen LogP contribution in [0.15, 0.2) is 29.2 Å². The van der Waals surface area contributed by atoms with Gasteiger partial charge in [0.1, 0.15) is 0 Å². The van der Waals surface area contributed by atoms with Crippen LogP contribution in [0.3, 0.4) is 0 Å². The van der Waals surface area contributed by atoms with Crippen molar-refractivity contribution in [2.24, 2.45) is 5.92 Å². The fourth-order valence-electron chi connectivity index (χ4n) is 3.47. The Balaban J connectivity index is 1.51. The molecule has 0 spiro atoms. The largest absolute Gasteiger partial charge is 0.342 e. The molecule has 0 aliphatic carbocycles. The van der Waals surface area contributed by atoms with Gasteiger partial charge in [-0.1, -0.05) is 17.7 Å². The lowest BCUT2D eigenvalue weighted by molar-refractivity contribution is -0.139. The van der Waals surface area contributed by atoms with Gasteiger partial charge in [-0.05, 0) is 44.7 Å². The van der Waals surface area contributed by atoms with Crippen LogP contribution in [0.1, 0.15) is 31.2 Å². The van der Waals surface area contributed by atoms with E-state index in [4.69, 9.17) is 0 Å². The van der Waals surface area contributed by atoms with Crippen molar-refractivity contribution in [2.75, 3.05) is 31.9 Å². The normalized spacial score (nSPS) is 21.1. The maximum absolute atomic E-state index is 12.6. The summed E-state index contributed by atoms with van der Waals surface area (Å²) in [4.78, 5) is 30.1. The SMILES string of the molecule is Cc1ccc(SCC(=O)N2CCC[C@H](C(=O)N3CCCC3)C2)cc1. The van der Waals surface area contributed by atoms with Gasteiger partial charge in [-0.25, -0.2) is 0 Å². The third kappa shape index (κ3) is 4.32. The highest BCUT2D eigenvalue weighted by atomic mass is 32.2. The molecule has 0 saturated carbocycles. The standard InChI is InChI=1S/C19H26N2O2S/c1-15-6-8-17(9-7-15)24-14-18(22)21-12-4-5-16(13-21)19(23)20-10-2-3-11-20/h6-9,16H,2-5,10-14H2,1H3/t16-/m0/s1. The highest BCUT2D eigenvalue weighted by Crippen LogP contribution is 2.23. The lowest BCUT2D eigenvalue weighted by atomic mass is 9.96. The van der Waals surface area contributed by atoms with Gasteiger partial charge in [0, 0.05) is 31.1 Å². The number of benzene rings is 1. The van der Waals surface area contributed by atoms with Crippen LogP contribution < -0.4 is 0 Å². The fraction of sp³-hybridized carbons (Fsp3) is 0.579. The summed E-state index contributed by atoms with van der Waals surface area (Å²) in [5, 5.41) is 0. The molecule has 0 bridgehead atoms. The zero-order valence-corrected chi connectivity index (χ0v) is 15.2. The molecule has 4 nitrogen and oxygen atoms in total. The van der Waals surface area contributed by atoms with Gasteiger partial charge in [-0.2, -0.15) is 0 Å². The maximum atomic E-state index is 12.6. The van der Waals surface area contributed by atoms with Crippen LogP contribution in [0.5, 0.6) is 0 Å². The zero-order chi connectivity index (χ0) is 16.9. The first kappa shape index (κ1) is 17.3. The first-order valence-corrected chi connectivity index (χ1v) is 9.88. The molecule has 2 aliphatic heterocycles. The Hall–Kier alpha value is -1.49. The molecule has 130 valence electrons. The summed E-state index contributed by atoms with van der Waals surface area (Å²) in [5.41, 5.74) is 1.23. The number of rotatable bonds is 4. The Bertz CT molecular complexity index is 582. The topological polar surface area (TPSA) is 40.6 Å². The van der Waals surface area contributed by atoms with Crippen LogP contribution in [0, 0.1) is 12.8 Å². The summed E-state index contributed by atoms with van der Waals surface area (Å²) < 4.78 is 0. The number of nitrogens with zero attached hydrogens (tertiary/aromatic N) is 2. The summed E-state index contributed by atoms with van der Waals surface area (Å²) in [6.45, 7) is 5.24. The third-order valence-electron chi connectivity index (χ3n) is 4.92. The lowest BCUT2D eigenvalue weighted by Crippen LogP contribution is -2.46. The molecular weight excluding hydrogens is 320 g/mol. The predicted molar refractivity (Wildman–Crippen MR) is 97.0 cm³/mol. The van der Waals surface area contributed by atoms with Crippen LogP contribution in [-0.4, -0.2) is 53.5 Å². The molecule has 1 aromatic carbocycles. The van der Waals surface area contributed by atoms with Gasteiger partial charge >= 0.3 is 0 Å². The Kier molecular flexibility index (Phi) is 5.82. The second-order valence-corrected chi connectivity index (χ2v) is 7.86. The molecule has 1 aromatic rings. The van der Waals surface area contributed by atoms with Crippen molar-refractivity contribution in [1.82, 2.24) is 9.80 Å². The molecule has 0 aromatic heterocycles. The molecule has 24 heavy (non-hydrogen) atoms. The van der Waals surface area contributed by atoms with Gasteiger partial charge in [0.25, 0.3) is 0 Å². The number of hydrogen-bond acceptors (Lipinski definition) is 3. The molecule has 2 fully saturated rings. The van der Waals surface area contributed by atoms with E-state index < -0.39 is 0 Å². The number of carbonyl (C=O) groups is 2. The average Bonchev–Trinajstić information content (AvgIpc) is 3.15. The number of hydrogen-bond donors (Lipinski definition) is 0.